The van der Waals surface area contributed by atoms with Crippen molar-refractivity contribution in [3.63, 3.8) is 0 Å². The molecule has 1 saturated heterocycles. The quantitative estimate of drug-likeness (QED) is 0.876. The van der Waals surface area contributed by atoms with E-state index in [1.54, 1.807) is 0 Å². The van der Waals surface area contributed by atoms with E-state index in [1.165, 1.54) is 16.7 Å². The fourth-order valence-electron chi connectivity index (χ4n) is 2.80. The maximum atomic E-state index is 12.2. The number of carbonyl (C=O) groups excluding carboxylic acids is 1. The third-order valence-corrected chi connectivity index (χ3v) is 3.92. The molecule has 3 nitrogen and oxygen atoms in total. The number of rotatable bonds is 3. The summed E-state index contributed by atoms with van der Waals surface area (Å²) in [5, 5.41) is 6.43. The van der Waals surface area contributed by atoms with Crippen LogP contribution in [0.2, 0.25) is 0 Å². The van der Waals surface area contributed by atoms with Gasteiger partial charge in [0.15, 0.2) is 0 Å². The molecule has 0 radical (unpaired) electrons. The monoisotopic (exact) mass is 260 g/mol. The van der Waals surface area contributed by atoms with Gasteiger partial charge in [-0.1, -0.05) is 23.8 Å². The normalized spacial score (nSPS) is 20.9. The summed E-state index contributed by atoms with van der Waals surface area (Å²) in [6.07, 6.45) is 2.09. The van der Waals surface area contributed by atoms with Crippen LogP contribution in [0, 0.1) is 19.8 Å². The number of nitrogens with one attached hydrogen (secondary N) is 2. The van der Waals surface area contributed by atoms with Crippen LogP contribution in [0.15, 0.2) is 18.2 Å². The third kappa shape index (κ3) is 3.57. The van der Waals surface area contributed by atoms with E-state index in [0.717, 1.165) is 25.9 Å². The minimum atomic E-state index is 0.0787. The second-order valence-electron chi connectivity index (χ2n) is 5.63. The van der Waals surface area contributed by atoms with Gasteiger partial charge in [-0.25, -0.2) is 0 Å². The van der Waals surface area contributed by atoms with Crippen molar-refractivity contribution in [2.45, 2.75) is 39.7 Å². The van der Waals surface area contributed by atoms with E-state index in [9.17, 15) is 4.79 Å². The minimum Gasteiger partial charge on any atom is -0.349 e. The van der Waals surface area contributed by atoms with Crippen LogP contribution in [0.5, 0.6) is 0 Å². The van der Waals surface area contributed by atoms with E-state index in [-0.39, 0.29) is 17.9 Å². The van der Waals surface area contributed by atoms with Crippen molar-refractivity contribution in [2.24, 2.45) is 5.92 Å². The Bertz CT molecular complexity index is 450. The average molecular weight is 260 g/mol. The van der Waals surface area contributed by atoms with Crippen molar-refractivity contribution in [3.8, 4) is 0 Å². The van der Waals surface area contributed by atoms with Gasteiger partial charge in [0.25, 0.3) is 0 Å². The van der Waals surface area contributed by atoms with Gasteiger partial charge < -0.3 is 10.6 Å². The molecule has 1 amide bonds. The second kappa shape index (κ2) is 6.20. The van der Waals surface area contributed by atoms with Crippen molar-refractivity contribution in [1.82, 2.24) is 10.6 Å². The first kappa shape index (κ1) is 14.1. The first-order valence-electron chi connectivity index (χ1n) is 7.16. The Kier molecular flexibility index (Phi) is 4.59. The molecular weight excluding hydrogens is 236 g/mol. The van der Waals surface area contributed by atoms with Crippen LogP contribution in [0.25, 0.3) is 0 Å². The van der Waals surface area contributed by atoms with Crippen LogP contribution in [0.3, 0.4) is 0 Å². The Labute approximate surface area is 115 Å². The van der Waals surface area contributed by atoms with Crippen LogP contribution in [-0.4, -0.2) is 19.0 Å². The van der Waals surface area contributed by atoms with Crippen LogP contribution in [0.4, 0.5) is 0 Å². The van der Waals surface area contributed by atoms with Crippen LogP contribution >= 0.6 is 0 Å². The largest absolute Gasteiger partial charge is 0.349 e. The molecule has 104 valence electrons. The summed E-state index contributed by atoms with van der Waals surface area (Å²) in [7, 11) is 0. The van der Waals surface area contributed by atoms with Gasteiger partial charge in [0.1, 0.15) is 0 Å². The van der Waals surface area contributed by atoms with Crippen LogP contribution < -0.4 is 10.6 Å². The number of hydrogen-bond acceptors (Lipinski definition) is 2. The molecule has 0 saturated carbocycles. The maximum absolute atomic E-state index is 12.2. The number of hydrogen-bond donors (Lipinski definition) is 2. The number of piperidine rings is 1. The Morgan fingerprint density at radius 2 is 2.21 bits per heavy atom. The molecular formula is C16H24N2O. The van der Waals surface area contributed by atoms with Gasteiger partial charge in [-0.05, 0) is 51.3 Å². The number of benzene rings is 1. The third-order valence-electron chi connectivity index (χ3n) is 3.92. The summed E-state index contributed by atoms with van der Waals surface area (Å²) in [4.78, 5) is 12.2. The van der Waals surface area contributed by atoms with Crippen LogP contribution in [0.1, 0.15) is 42.5 Å². The molecule has 1 heterocycles. The Balaban J connectivity index is 1.99. The van der Waals surface area contributed by atoms with Crippen LogP contribution in [-0.2, 0) is 4.79 Å². The van der Waals surface area contributed by atoms with E-state index in [1.807, 2.05) is 0 Å². The standard InChI is InChI=1S/C16H24N2O/c1-11-6-7-15(12(2)9-11)13(3)18-16(19)14-5-4-8-17-10-14/h6-7,9,13-14,17H,4-5,8,10H2,1-3H3,(H,18,19)/t13?,14-/m0/s1. The average Bonchev–Trinajstić information content (AvgIpc) is 2.39. The maximum Gasteiger partial charge on any atom is 0.224 e. The van der Waals surface area contributed by atoms with E-state index < -0.39 is 0 Å². The summed E-state index contributed by atoms with van der Waals surface area (Å²) >= 11 is 0. The highest BCUT2D eigenvalue weighted by atomic mass is 16.1. The van der Waals surface area contributed by atoms with Gasteiger partial charge >= 0.3 is 0 Å². The first-order chi connectivity index (χ1) is 9.08. The molecule has 0 aliphatic carbocycles. The molecule has 2 rings (SSSR count). The Morgan fingerprint density at radius 3 is 2.84 bits per heavy atom. The smallest absolute Gasteiger partial charge is 0.224 e. The van der Waals surface area contributed by atoms with E-state index in [2.05, 4.69) is 49.6 Å². The van der Waals surface area contributed by atoms with Crippen molar-refractivity contribution in [1.29, 1.82) is 0 Å². The van der Waals surface area contributed by atoms with Gasteiger partial charge in [-0.2, -0.15) is 0 Å². The molecule has 2 N–H and O–H groups in total. The highest BCUT2D eigenvalue weighted by Crippen LogP contribution is 2.20. The molecule has 0 spiro atoms. The molecule has 1 aliphatic heterocycles. The van der Waals surface area contributed by atoms with E-state index >= 15 is 0 Å². The lowest BCUT2D eigenvalue weighted by atomic mass is 9.96. The zero-order valence-corrected chi connectivity index (χ0v) is 12.1. The van der Waals surface area contributed by atoms with Crippen molar-refractivity contribution < 1.29 is 4.79 Å². The number of aryl methyl sites for hydroxylation is 2. The Morgan fingerprint density at radius 1 is 1.42 bits per heavy atom. The summed E-state index contributed by atoms with van der Waals surface area (Å²) in [5.74, 6) is 0.307. The lowest BCUT2D eigenvalue weighted by Gasteiger charge is -2.24. The number of carbonyl (C=O) groups is 1. The lowest BCUT2D eigenvalue weighted by molar-refractivity contribution is -0.126. The zero-order valence-electron chi connectivity index (χ0n) is 12.1. The fourth-order valence-corrected chi connectivity index (χ4v) is 2.80. The highest BCUT2D eigenvalue weighted by molar-refractivity contribution is 5.79. The molecule has 1 fully saturated rings. The molecule has 1 aliphatic rings. The van der Waals surface area contributed by atoms with E-state index in [0.29, 0.717) is 0 Å². The second-order valence-corrected chi connectivity index (χ2v) is 5.63. The van der Waals surface area contributed by atoms with Crippen molar-refractivity contribution >= 4 is 5.91 Å². The molecule has 2 atom stereocenters. The van der Waals surface area contributed by atoms with Gasteiger partial charge in [0, 0.05) is 6.54 Å². The predicted molar refractivity (Wildman–Crippen MR) is 78.1 cm³/mol. The Hall–Kier alpha value is -1.35. The summed E-state index contributed by atoms with van der Waals surface area (Å²) in [6.45, 7) is 8.11. The van der Waals surface area contributed by atoms with E-state index in [4.69, 9.17) is 0 Å². The SMILES string of the molecule is Cc1ccc(C(C)NC(=O)[C@H]2CCCNC2)c(C)c1. The van der Waals surface area contributed by atoms with Gasteiger partial charge in [-0.15, -0.1) is 0 Å². The fraction of sp³-hybridized carbons (Fsp3) is 0.562. The molecule has 0 bridgehead atoms. The zero-order chi connectivity index (χ0) is 13.8. The molecule has 1 aromatic carbocycles. The van der Waals surface area contributed by atoms with Gasteiger partial charge in [0.2, 0.25) is 5.91 Å². The molecule has 3 heteroatoms. The molecule has 0 aromatic heterocycles. The lowest BCUT2D eigenvalue weighted by Crippen LogP contribution is -2.41. The molecule has 19 heavy (non-hydrogen) atoms. The van der Waals surface area contributed by atoms with Gasteiger partial charge in [0.05, 0.1) is 12.0 Å². The van der Waals surface area contributed by atoms with Gasteiger partial charge in [-0.3, -0.25) is 4.79 Å². The number of amides is 1. The summed E-state index contributed by atoms with van der Waals surface area (Å²) in [5.41, 5.74) is 3.72. The predicted octanol–water partition coefficient (Wildman–Crippen LogP) is 2.48. The first-order valence-corrected chi connectivity index (χ1v) is 7.16. The minimum absolute atomic E-state index is 0.0787. The summed E-state index contributed by atoms with van der Waals surface area (Å²) < 4.78 is 0. The van der Waals surface area contributed by atoms with Crippen molar-refractivity contribution in [3.05, 3.63) is 34.9 Å². The van der Waals surface area contributed by atoms with Crippen molar-refractivity contribution in [2.75, 3.05) is 13.1 Å². The molecule has 1 unspecified atom stereocenters. The highest BCUT2D eigenvalue weighted by Gasteiger charge is 2.22. The summed E-state index contributed by atoms with van der Waals surface area (Å²) in [6, 6.07) is 6.47. The topological polar surface area (TPSA) is 41.1 Å². The molecule has 1 aromatic rings.